The zero-order valence-corrected chi connectivity index (χ0v) is 16.3. The SMILES string of the molecule is Cc1onc(-c2ccccc2)c1C(=O)Nc1ccc(S(=O)(=O)NCC(F)(F)F)cc1. The second kappa shape index (κ2) is 8.28. The molecule has 11 heteroatoms. The van der Waals surface area contributed by atoms with Gasteiger partial charge in [0.1, 0.15) is 23.6 Å². The molecular weight excluding hydrogens is 423 g/mol. The minimum absolute atomic E-state index is 0.213. The first-order valence-electron chi connectivity index (χ1n) is 8.56. The second-order valence-corrected chi connectivity index (χ2v) is 8.01. The van der Waals surface area contributed by atoms with Gasteiger partial charge in [0.05, 0.1) is 4.90 Å². The molecule has 1 heterocycles. The third kappa shape index (κ3) is 5.05. The van der Waals surface area contributed by atoms with E-state index < -0.39 is 28.7 Å². The molecule has 3 rings (SSSR count). The summed E-state index contributed by atoms with van der Waals surface area (Å²) in [5.74, 6) is -0.236. The van der Waals surface area contributed by atoms with E-state index in [0.29, 0.717) is 17.0 Å². The van der Waals surface area contributed by atoms with Gasteiger partial charge in [-0.05, 0) is 31.2 Å². The number of nitrogens with one attached hydrogen (secondary N) is 2. The van der Waals surface area contributed by atoms with Crippen molar-refractivity contribution < 1.29 is 30.9 Å². The summed E-state index contributed by atoms with van der Waals surface area (Å²) in [5, 5.41) is 6.52. The molecule has 0 bridgehead atoms. The highest BCUT2D eigenvalue weighted by atomic mass is 32.2. The zero-order valence-electron chi connectivity index (χ0n) is 15.5. The summed E-state index contributed by atoms with van der Waals surface area (Å²) in [6.07, 6.45) is -4.67. The number of hydrogen-bond donors (Lipinski definition) is 2. The van der Waals surface area contributed by atoms with E-state index in [-0.39, 0.29) is 16.1 Å². The lowest BCUT2D eigenvalue weighted by atomic mass is 10.1. The molecule has 2 aromatic carbocycles. The van der Waals surface area contributed by atoms with Crippen LogP contribution in [0.3, 0.4) is 0 Å². The molecule has 30 heavy (non-hydrogen) atoms. The Labute approximate surface area is 169 Å². The van der Waals surface area contributed by atoms with Crippen molar-refractivity contribution in [3.8, 4) is 11.3 Å². The molecular formula is C19H16F3N3O4S. The maximum Gasteiger partial charge on any atom is 0.402 e. The Morgan fingerprint density at radius 1 is 1.07 bits per heavy atom. The first-order chi connectivity index (χ1) is 14.1. The van der Waals surface area contributed by atoms with Crippen LogP contribution in [-0.4, -0.2) is 32.2 Å². The van der Waals surface area contributed by atoms with Crippen LogP contribution in [0, 0.1) is 6.92 Å². The highest BCUT2D eigenvalue weighted by Crippen LogP contribution is 2.26. The van der Waals surface area contributed by atoms with Crippen LogP contribution in [0.5, 0.6) is 0 Å². The molecule has 1 amide bonds. The Morgan fingerprint density at radius 2 is 1.70 bits per heavy atom. The number of alkyl halides is 3. The van der Waals surface area contributed by atoms with Gasteiger partial charge < -0.3 is 9.84 Å². The number of halogens is 3. The lowest BCUT2D eigenvalue weighted by Gasteiger charge is -2.10. The van der Waals surface area contributed by atoms with E-state index in [4.69, 9.17) is 4.52 Å². The third-order valence-electron chi connectivity index (χ3n) is 4.02. The highest BCUT2D eigenvalue weighted by Gasteiger charge is 2.30. The van der Waals surface area contributed by atoms with Crippen molar-refractivity contribution in [2.75, 3.05) is 11.9 Å². The van der Waals surface area contributed by atoms with Gasteiger partial charge in [0, 0.05) is 11.3 Å². The molecule has 0 unspecified atom stereocenters. The van der Waals surface area contributed by atoms with E-state index in [1.165, 1.54) is 16.9 Å². The number of aromatic nitrogens is 1. The van der Waals surface area contributed by atoms with Crippen molar-refractivity contribution in [3.05, 3.63) is 65.9 Å². The number of benzene rings is 2. The molecule has 0 saturated carbocycles. The summed E-state index contributed by atoms with van der Waals surface area (Å²) < 4.78 is 67.2. The van der Waals surface area contributed by atoms with Crippen molar-refractivity contribution >= 4 is 21.6 Å². The van der Waals surface area contributed by atoms with E-state index in [1.807, 2.05) is 6.07 Å². The van der Waals surface area contributed by atoms with Crippen LogP contribution in [0.25, 0.3) is 11.3 Å². The fourth-order valence-electron chi connectivity index (χ4n) is 2.60. The highest BCUT2D eigenvalue weighted by molar-refractivity contribution is 7.89. The molecule has 1 aromatic heterocycles. The van der Waals surface area contributed by atoms with Crippen molar-refractivity contribution in [2.24, 2.45) is 0 Å². The number of carbonyl (C=O) groups excluding carboxylic acids is 1. The van der Waals surface area contributed by atoms with Gasteiger partial charge in [0.2, 0.25) is 10.0 Å². The second-order valence-electron chi connectivity index (χ2n) is 6.25. The number of hydrogen-bond acceptors (Lipinski definition) is 5. The predicted octanol–water partition coefficient (Wildman–Crippen LogP) is 3.74. The smallest absolute Gasteiger partial charge is 0.360 e. The quantitative estimate of drug-likeness (QED) is 0.609. The monoisotopic (exact) mass is 439 g/mol. The molecule has 0 spiro atoms. The van der Waals surface area contributed by atoms with E-state index in [2.05, 4.69) is 10.5 Å². The lowest BCUT2D eigenvalue weighted by Crippen LogP contribution is -2.33. The van der Waals surface area contributed by atoms with Crippen molar-refractivity contribution in [1.82, 2.24) is 9.88 Å². The molecule has 0 atom stereocenters. The minimum Gasteiger partial charge on any atom is -0.360 e. The average molecular weight is 439 g/mol. The van der Waals surface area contributed by atoms with Crippen LogP contribution in [0.15, 0.2) is 64.0 Å². The van der Waals surface area contributed by atoms with E-state index >= 15 is 0 Å². The Hall–Kier alpha value is -3.18. The molecule has 0 aliphatic carbocycles. The van der Waals surface area contributed by atoms with Crippen LogP contribution in [0.2, 0.25) is 0 Å². The topological polar surface area (TPSA) is 101 Å². The zero-order chi connectivity index (χ0) is 21.9. The maximum atomic E-state index is 12.7. The standard InChI is InChI=1S/C19H16F3N3O4S/c1-12-16(17(25-29-12)13-5-3-2-4-6-13)18(26)24-14-7-9-15(10-8-14)30(27,28)23-11-19(20,21)22/h2-10,23H,11H2,1H3,(H,24,26). The summed E-state index contributed by atoms with van der Waals surface area (Å²) in [4.78, 5) is 12.4. The number of aryl methyl sites for hydroxylation is 1. The summed E-state index contributed by atoms with van der Waals surface area (Å²) >= 11 is 0. The van der Waals surface area contributed by atoms with E-state index in [9.17, 15) is 26.4 Å². The van der Waals surface area contributed by atoms with Crippen LogP contribution in [0.1, 0.15) is 16.1 Å². The number of rotatable bonds is 6. The summed E-state index contributed by atoms with van der Waals surface area (Å²) in [6.45, 7) is -0.0980. The number of nitrogens with zero attached hydrogens (tertiary/aromatic N) is 1. The van der Waals surface area contributed by atoms with Gasteiger partial charge in [-0.25, -0.2) is 13.1 Å². The lowest BCUT2D eigenvalue weighted by molar-refractivity contribution is -0.121. The molecule has 7 nitrogen and oxygen atoms in total. The predicted molar refractivity (Wildman–Crippen MR) is 102 cm³/mol. The summed E-state index contributed by atoms with van der Waals surface area (Å²) in [7, 11) is -4.34. The minimum atomic E-state index is -4.67. The van der Waals surface area contributed by atoms with Crippen molar-refractivity contribution in [1.29, 1.82) is 0 Å². The van der Waals surface area contributed by atoms with Gasteiger partial charge in [0.25, 0.3) is 5.91 Å². The van der Waals surface area contributed by atoms with Gasteiger partial charge in [-0.2, -0.15) is 13.2 Å². The number of sulfonamides is 1. The fourth-order valence-corrected chi connectivity index (χ4v) is 3.62. The summed E-state index contributed by atoms with van der Waals surface area (Å²) in [6, 6.07) is 13.6. The van der Waals surface area contributed by atoms with E-state index in [1.54, 1.807) is 31.2 Å². The van der Waals surface area contributed by atoms with Crippen molar-refractivity contribution in [3.63, 3.8) is 0 Å². The van der Waals surface area contributed by atoms with Crippen LogP contribution in [0.4, 0.5) is 18.9 Å². The average Bonchev–Trinajstić information content (AvgIpc) is 3.09. The van der Waals surface area contributed by atoms with Crippen LogP contribution < -0.4 is 10.0 Å². The normalized spacial score (nSPS) is 12.0. The Bertz CT molecular complexity index is 1140. The van der Waals surface area contributed by atoms with Gasteiger partial charge in [-0.3, -0.25) is 4.79 Å². The number of anilines is 1. The van der Waals surface area contributed by atoms with Crippen LogP contribution >= 0.6 is 0 Å². The van der Waals surface area contributed by atoms with E-state index in [0.717, 1.165) is 12.1 Å². The molecule has 0 fully saturated rings. The Morgan fingerprint density at radius 3 is 2.30 bits per heavy atom. The molecule has 2 N–H and O–H groups in total. The first kappa shape index (κ1) is 21.5. The molecule has 0 aliphatic rings. The largest absolute Gasteiger partial charge is 0.402 e. The molecule has 158 valence electrons. The third-order valence-corrected chi connectivity index (χ3v) is 5.44. The number of carbonyl (C=O) groups is 1. The molecule has 3 aromatic rings. The maximum absolute atomic E-state index is 12.7. The Balaban J connectivity index is 1.77. The van der Waals surface area contributed by atoms with Gasteiger partial charge in [-0.15, -0.1) is 0 Å². The van der Waals surface area contributed by atoms with Gasteiger partial charge in [0.15, 0.2) is 0 Å². The fraction of sp³-hybridized carbons (Fsp3) is 0.158. The van der Waals surface area contributed by atoms with Crippen LogP contribution in [-0.2, 0) is 10.0 Å². The van der Waals surface area contributed by atoms with Gasteiger partial charge >= 0.3 is 6.18 Å². The Kier molecular flexibility index (Phi) is 5.94. The first-order valence-corrected chi connectivity index (χ1v) is 10.0. The number of amides is 1. The van der Waals surface area contributed by atoms with Gasteiger partial charge in [-0.1, -0.05) is 35.5 Å². The molecule has 0 aliphatic heterocycles. The molecule has 0 radical (unpaired) electrons. The summed E-state index contributed by atoms with van der Waals surface area (Å²) in [5.41, 5.74) is 1.48. The van der Waals surface area contributed by atoms with Crippen molar-refractivity contribution in [2.45, 2.75) is 18.0 Å². The molecule has 0 saturated heterocycles.